The van der Waals surface area contributed by atoms with Crippen LogP contribution in [-0.2, 0) is 4.79 Å². The lowest BCUT2D eigenvalue weighted by Gasteiger charge is -2.17. The zero-order valence-electron chi connectivity index (χ0n) is 17.0. The van der Waals surface area contributed by atoms with Crippen molar-refractivity contribution < 1.29 is 4.79 Å². The van der Waals surface area contributed by atoms with E-state index in [0.717, 1.165) is 22.5 Å². The Kier molecular flexibility index (Phi) is 6.36. The molecule has 3 nitrogen and oxygen atoms in total. The van der Waals surface area contributed by atoms with Crippen molar-refractivity contribution in [2.45, 2.75) is 60.3 Å². The molecule has 0 aromatic heterocycles. The molecule has 0 saturated carbocycles. The number of para-hydroxylation sites is 2. The summed E-state index contributed by atoms with van der Waals surface area (Å²) < 4.78 is 0. The molecule has 0 aliphatic rings. The molecular weight excluding hydrogens is 320 g/mol. The predicted octanol–water partition coefficient (Wildman–Crippen LogP) is 6.28. The van der Waals surface area contributed by atoms with Gasteiger partial charge in [0.25, 0.3) is 5.91 Å². The number of aryl methyl sites for hydroxylation is 2. The van der Waals surface area contributed by atoms with Crippen LogP contribution in [0.5, 0.6) is 0 Å². The van der Waals surface area contributed by atoms with Crippen molar-refractivity contribution in [3.8, 4) is 0 Å². The molecule has 0 saturated heterocycles. The highest BCUT2D eigenvalue weighted by Gasteiger charge is 2.16. The lowest BCUT2D eigenvalue weighted by Crippen LogP contribution is -2.21. The van der Waals surface area contributed by atoms with Gasteiger partial charge < -0.3 is 5.32 Å². The third kappa shape index (κ3) is 4.40. The second kappa shape index (κ2) is 8.31. The Labute approximate surface area is 157 Å². The Hall–Kier alpha value is -2.42. The topological polar surface area (TPSA) is 41.5 Å². The summed E-state index contributed by atoms with van der Waals surface area (Å²) >= 11 is 0. The lowest BCUT2D eigenvalue weighted by atomic mass is 9.93. The van der Waals surface area contributed by atoms with Gasteiger partial charge in [-0.25, -0.2) is 4.99 Å². The Bertz CT molecular complexity index is 786. The number of nitrogens with one attached hydrogen (secondary N) is 1. The van der Waals surface area contributed by atoms with Gasteiger partial charge >= 0.3 is 0 Å². The van der Waals surface area contributed by atoms with E-state index in [1.165, 1.54) is 11.1 Å². The van der Waals surface area contributed by atoms with Crippen LogP contribution in [0.3, 0.4) is 0 Å². The summed E-state index contributed by atoms with van der Waals surface area (Å²) in [6, 6.07) is 12.3. The summed E-state index contributed by atoms with van der Waals surface area (Å²) in [5.74, 6) is 0.541. The van der Waals surface area contributed by atoms with Crippen LogP contribution in [0.1, 0.15) is 68.7 Å². The molecule has 138 valence electrons. The zero-order valence-corrected chi connectivity index (χ0v) is 17.0. The molecule has 0 bridgehead atoms. The Balaban J connectivity index is 2.42. The van der Waals surface area contributed by atoms with Gasteiger partial charge in [-0.15, -0.1) is 0 Å². The van der Waals surface area contributed by atoms with Crippen molar-refractivity contribution >= 4 is 23.0 Å². The molecule has 0 unspecified atom stereocenters. The summed E-state index contributed by atoms with van der Waals surface area (Å²) in [6.07, 6.45) is 0. The SMILES string of the molecule is C/C(=N\c1c(C(C)C)cccc1C(C)C)C(=O)Nc1c(C)cccc1C. The van der Waals surface area contributed by atoms with Gasteiger partial charge in [0.1, 0.15) is 5.71 Å². The number of aliphatic imine (C=N–C) groups is 1. The summed E-state index contributed by atoms with van der Waals surface area (Å²) in [6.45, 7) is 14.4. The fourth-order valence-corrected chi connectivity index (χ4v) is 3.07. The van der Waals surface area contributed by atoms with E-state index >= 15 is 0 Å². The smallest absolute Gasteiger partial charge is 0.269 e. The number of amides is 1. The number of anilines is 1. The van der Waals surface area contributed by atoms with Gasteiger partial charge in [0.05, 0.1) is 5.69 Å². The van der Waals surface area contributed by atoms with Gasteiger partial charge in [-0.2, -0.15) is 0 Å². The largest absolute Gasteiger partial charge is 0.320 e. The van der Waals surface area contributed by atoms with Gasteiger partial charge in [0.15, 0.2) is 0 Å². The summed E-state index contributed by atoms with van der Waals surface area (Å²) in [5, 5.41) is 3.03. The minimum atomic E-state index is -0.157. The van der Waals surface area contributed by atoms with Crippen molar-refractivity contribution in [3.63, 3.8) is 0 Å². The minimum Gasteiger partial charge on any atom is -0.320 e. The highest BCUT2D eigenvalue weighted by Crippen LogP contribution is 2.35. The molecule has 0 fully saturated rings. The summed E-state index contributed by atoms with van der Waals surface area (Å²) in [5.41, 5.74) is 6.74. The molecule has 2 aromatic rings. The second-order valence-electron chi connectivity index (χ2n) is 7.51. The van der Waals surface area contributed by atoms with Crippen molar-refractivity contribution in [2.75, 3.05) is 5.32 Å². The van der Waals surface area contributed by atoms with Crippen LogP contribution >= 0.6 is 0 Å². The molecule has 2 rings (SSSR count). The first-order valence-electron chi connectivity index (χ1n) is 9.28. The fraction of sp³-hybridized carbons (Fsp3) is 0.391. The predicted molar refractivity (Wildman–Crippen MR) is 112 cm³/mol. The first kappa shape index (κ1) is 19.9. The third-order valence-corrected chi connectivity index (χ3v) is 4.67. The van der Waals surface area contributed by atoms with Crippen molar-refractivity contribution in [2.24, 2.45) is 4.99 Å². The number of nitrogens with zero attached hydrogens (tertiary/aromatic N) is 1. The maximum Gasteiger partial charge on any atom is 0.269 e. The molecular formula is C23H30N2O. The van der Waals surface area contributed by atoms with E-state index in [1.54, 1.807) is 6.92 Å². The molecule has 0 atom stereocenters. The summed E-state index contributed by atoms with van der Waals surface area (Å²) in [4.78, 5) is 17.5. The highest BCUT2D eigenvalue weighted by molar-refractivity contribution is 6.42. The van der Waals surface area contributed by atoms with Gasteiger partial charge in [0, 0.05) is 5.69 Å². The van der Waals surface area contributed by atoms with Crippen molar-refractivity contribution in [1.82, 2.24) is 0 Å². The Morgan fingerprint density at radius 1 is 0.885 bits per heavy atom. The third-order valence-electron chi connectivity index (χ3n) is 4.67. The molecule has 0 heterocycles. The fourth-order valence-electron chi connectivity index (χ4n) is 3.07. The van der Waals surface area contributed by atoms with E-state index in [9.17, 15) is 4.79 Å². The monoisotopic (exact) mass is 350 g/mol. The molecule has 1 amide bonds. The van der Waals surface area contributed by atoms with Crippen LogP contribution in [0.4, 0.5) is 11.4 Å². The average Bonchev–Trinajstić information content (AvgIpc) is 2.57. The van der Waals surface area contributed by atoms with E-state index in [2.05, 4.69) is 51.2 Å². The molecule has 0 aliphatic heterocycles. The van der Waals surface area contributed by atoms with Crippen LogP contribution in [0.15, 0.2) is 41.4 Å². The zero-order chi connectivity index (χ0) is 19.4. The molecule has 0 spiro atoms. The van der Waals surface area contributed by atoms with Crippen molar-refractivity contribution in [1.29, 1.82) is 0 Å². The van der Waals surface area contributed by atoms with Gasteiger partial charge in [-0.3, -0.25) is 4.79 Å². The highest BCUT2D eigenvalue weighted by atomic mass is 16.1. The Morgan fingerprint density at radius 3 is 1.81 bits per heavy atom. The quantitative estimate of drug-likeness (QED) is 0.633. The van der Waals surface area contributed by atoms with Crippen LogP contribution < -0.4 is 5.32 Å². The van der Waals surface area contributed by atoms with Crippen LogP contribution in [-0.4, -0.2) is 11.6 Å². The van der Waals surface area contributed by atoms with E-state index in [-0.39, 0.29) is 5.91 Å². The number of rotatable bonds is 5. The number of hydrogen-bond donors (Lipinski definition) is 1. The number of hydrogen-bond acceptors (Lipinski definition) is 2. The maximum absolute atomic E-state index is 12.7. The van der Waals surface area contributed by atoms with Gasteiger partial charge in [-0.05, 0) is 54.9 Å². The maximum atomic E-state index is 12.7. The average molecular weight is 351 g/mol. The number of carbonyl (C=O) groups excluding carboxylic acids is 1. The number of carbonyl (C=O) groups is 1. The molecule has 1 N–H and O–H groups in total. The van der Waals surface area contributed by atoms with Gasteiger partial charge in [0.2, 0.25) is 0 Å². The lowest BCUT2D eigenvalue weighted by molar-refractivity contribution is -0.110. The van der Waals surface area contributed by atoms with E-state index in [4.69, 9.17) is 4.99 Å². The first-order chi connectivity index (χ1) is 12.2. The summed E-state index contributed by atoms with van der Waals surface area (Å²) in [7, 11) is 0. The standard InChI is InChI=1S/C23H30N2O/c1-14(2)19-12-9-13-20(15(3)4)22(19)24-18(7)23(26)25-21-16(5)10-8-11-17(21)6/h8-15H,1-7H3,(H,25,26)/b24-18+. The molecule has 3 heteroatoms. The van der Waals surface area contributed by atoms with E-state index in [0.29, 0.717) is 17.5 Å². The molecule has 2 aromatic carbocycles. The Morgan fingerprint density at radius 2 is 1.35 bits per heavy atom. The molecule has 0 aliphatic carbocycles. The van der Waals surface area contributed by atoms with Crippen LogP contribution in [0, 0.1) is 13.8 Å². The van der Waals surface area contributed by atoms with Crippen LogP contribution in [0.2, 0.25) is 0 Å². The first-order valence-corrected chi connectivity index (χ1v) is 9.28. The van der Waals surface area contributed by atoms with Crippen LogP contribution in [0.25, 0.3) is 0 Å². The minimum absolute atomic E-state index is 0.157. The van der Waals surface area contributed by atoms with E-state index in [1.807, 2.05) is 32.0 Å². The second-order valence-corrected chi connectivity index (χ2v) is 7.51. The number of benzene rings is 2. The molecule has 0 radical (unpaired) electrons. The van der Waals surface area contributed by atoms with E-state index < -0.39 is 0 Å². The normalized spacial score (nSPS) is 12.0. The molecule has 26 heavy (non-hydrogen) atoms. The van der Waals surface area contributed by atoms with Gasteiger partial charge in [-0.1, -0.05) is 64.1 Å². The van der Waals surface area contributed by atoms with Crippen molar-refractivity contribution in [3.05, 3.63) is 58.7 Å².